The number of nitrogens with zero attached hydrogens (tertiary/aromatic N) is 2. The van der Waals surface area contributed by atoms with Crippen LogP contribution in [0.3, 0.4) is 0 Å². The molecule has 2 aromatic carbocycles. The molecule has 2 aromatic rings. The summed E-state index contributed by atoms with van der Waals surface area (Å²) in [4.78, 5) is 48.2. The van der Waals surface area contributed by atoms with Crippen LogP contribution in [0.2, 0.25) is 5.02 Å². The first kappa shape index (κ1) is 23.9. The van der Waals surface area contributed by atoms with Crippen LogP contribution in [0, 0.1) is 10.1 Å². The summed E-state index contributed by atoms with van der Waals surface area (Å²) in [6.45, 7) is 0.164. The normalized spacial score (nSPS) is 17.4. The number of Topliss-reactive ketones (excluding diaryl/α,β-unsaturated/α-hetero) is 1. The summed E-state index contributed by atoms with van der Waals surface area (Å²) in [6.07, 6.45) is 1.43. The second-order valence-corrected chi connectivity index (χ2v) is 7.93. The molecule has 0 radical (unpaired) electrons. The number of nitro groups is 1. The largest absolute Gasteiger partial charge is 0.507 e. The van der Waals surface area contributed by atoms with Crippen LogP contribution >= 0.6 is 11.6 Å². The van der Waals surface area contributed by atoms with Crippen molar-refractivity contribution in [2.75, 3.05) is 6.54 Å². The number of hydrogen-bond donors (Lipinski definition) is 2. The molecule has 2 N–H and O–H groups in total. The lowest BCUT2D eigenvalue weighted by Gasteiger charge is -2.26. The van der Waals surface area contributed by atoms with Gasteiger partial charge in [-0.3, -0.25) is 24.5 Å². The predicted molar refractivity (Wildman–Crippen MR) is 120 cm³/mol. The standard InChI is InChI=1S/C23H21ClN2O7/c24-17-7-4-3-6-16(17)20-19(21(29)14-9-11-15(12-10-14)26(32)33)22(30)23(31)25(20)13-5-1-2-8-18(27)28/h3-4,6-7,9-12,20,29H,1-2,5,8,13H2,(H,27,28)/t20-/m1/s1. The number of likely N-dealkylation sites (tertiary alicyclic amines) is 1. The fraction of sp³-hybridized carbons (Fsp3) is 0.261. The molecule has 1 amide bonds. The number of aliphatic hydroxyl groups excluding tert-OH is 1. The van der Waals surface area contributed by atoms with E-state index in [2.05, 4.69) is 0 Å². The van der Waals surface area contributed by atoms with E-state index in [1.807, 2.05) is 0 Å². The van der Waals surface area contributed by atoms with E-state index in [0.29, 0.717) is 29.8 Å². The number of unbranched alkanes of at least 4 members (excludes halogenated alkanes) is 2. The molecule has 0 saturated carbocycles. The Balaban J connectivity index is 2.00. The molecule has 1 aliphatic heterocycles. The smallest absolute Gasteiger partial charge is 0.303 e. The van der Waals surface area contributed by atoms with E-state index in [9.17, 15) is 29.6 Å². The zero-order valence-corrected chi connectivity index (χ0v) is 18.2. The SMILES string of the molecule is O=C(O)CCCCCN1C(=O)C(=O)C(=C(O)c2ccc([N+](=O)[O-])cc2)[C@H]1c1ccccc1Cl. The third kappa shape index (κ3) is 5.20. The highest BCUT2D eigenvalue weighted by Gasteiger charge is 2.46. The Morgan fingerprint density at radius 1 is 1.03 bits per heavy atom. The molecule has 33 heavy (non-hydrogen) atoms. The first-order valence-electron chi connectivity index (χ1n) is 10.2. The predicted octanol–water partition coefficient (Wildman–Crippen LogP) is 4.31. The third-order valence-electron chi connectivity index (χ3n) is 5.38. The summed E-state index contributed by atoms with van der Waals surface area (Å²) < 4.78 is 0. The molecule has 0 spiro atoms. The van der Waals surface area contributed by atoms with Gasteiger partial charge in [0, 0.05) is 35.7 Å². The van der Waals surface area contributed by atoms with Gasteiger partial charge in [0.15, 0.2) is 0 Å². The fourth-order valence-corrected chi connectivity index (χ4v) is 4.00. The van der Waals surface area contributed by atoms with E-state index in [1.54, 1.807) is 24.3 Å². The van der Waals surface area contributed by atoms with Crippen molar-refractivity contribution < 1.29 is 29.5 Å². The van der Waals surface area contributed by atoms with Crippen molar-refractivity contribution >= 4 is 40.7 Å². The summed E-state index contributed by atoms with van der Waals surface area (Å²) in [6, 6.07) is 10.7. The molecule has 0 aromatic heterocycles. The Hall–Kier alpha value is -3.72. The number of carbonyl (C=O) groups excluding carboxylic acids is 2. The molecule has 1 aliphatic rings. The van der Waals surface area contributed by atoms with Crippen molar-refractivity contribution in [1.82, 2.24) is 4.90 Å². The second kappa shape index (κ2) is 10.3. The van der Waals surface area contributed by atoms with E-state index in [-0.39, 0.29) is 29.8 Å². The number of aliphatic hydroxyl groups is 1. The minimum Gasteiger partial charge on any atom is -0.507 e. The number of carboxylic acids is 1. The number of ketones is 1. The first-order chi connectivity index (χ1) is 15.7. The van der Waals surface area contributed by atoms with Crippen molar-refractivity contribution in [1.29, 1.82) is 0 Å². The van der Waals surface area contributed by atoms with Gasteiger partial charge < -0.3 is 15.1 Å². The van der Waals surface area contributed by atoms with Gasteiger partial charge in [0.1, 0.15) is 5.76 Å². The molecule has 0 bridgehead atoms. The van der Waals surface area contributed by atoms with Crippen molar-refractivity contribution in [2.24, 2.45) is 0 Å². The molecule has 9 nitrogen and oxygen atoms in total. The van der Waals surface area contributed by atoms with Gasteiger partial charge in [0.05, 0.1) is 16.5 Å². The van der Waals surface area contributed by atoms with Crippen molar-refractivity contribution in [3.8, 4) is 0 Å². The minimum atomic E-state index is -0.951. The number of benzene rings is 2. The number of non-ortho nitro benzene ring substituents is 1. The maximum Gasteiger partial charge on any atom is 0.303 e. The molecule has 1 fully saturated rings. The summed E-state index contributed by atoms with van der Waals surface area (Å²) in [5.74, 6) is -3.06. The highest BCUT2D eigenvalue weighted by atomic mass is 35.5. The Morgan fingerprint density at radius 3 is 2.30 bits per heavy atom. The van der Waals surface area contributed by atoms with Crippen LogP contribution < -0.4 is 0 Å². The van der Waals surface area contributed by atoms with Gasteiger partial charge in [-0.2, -0.15) is 0 Å². The molecule has 3 rings (SSSR count). The quantitative estimate of drug-likeness (QED) is 0.138. The van der Waals surface area contributed by atoms with Crippen LogP contribution in [0.15, 0.2) is 54.1 Å². The maximum absolute atomic E-state index is 12.9. The van der Waals surface area contributed by atoms with Crippen LogP contribution in [0.25, 0.3) is 5.76 Å². The molecule has 0 unspecified atom stereocenters. The first-order valence-corrected chi connectivity index (χ1v) is 10.6. The van der Waals surface area contributed by atoms with Crippen LogP contribution in [-0.2, 0) is 14.4 Å². The van der Waals surface area contributed by atoms with Crippen molar-refractivity contribution in [2.45, 2.75) is 31.7 Å². The topological polar surface area (TPSA) is 138 Å². The van der Waals surface area contributed by atoms with Gasteiger partial charge in [-0.15, -0.1) is 0 Å². The van der Waals surface area contributed by atoms with E-state index in [1.165, 1.54) is 29.2 Å². The fourth-order valence-electron chi connectivity index (χ4n) is 3.76. The van der Waals surface area contributed by atoms with Gasteiger partial charge >= 0.3 is 5.97 Å². The summed E-state index contributed by atoms with van der Waals surface area (Å²) in [5, 5.41) is 30.9. The monoisotopic (exact) mass is 472 g/mol. The number of aliphatic carboxylic acids is 1. The Morgan fingerprint density at radius 2 is 1.70 bits per heavy atom. The highest BCUT2D eigenvalue weighted by molar-refractivity contribution is 6.47. The van der Waals surface area contributed by atoms with Crippen LogP contribution in [0.5, 0.6) is 0 Å². The van der Waals surface area contributed by atoms with Gasteiger partial charge in [-0.25, -0.2) is 0 Å². The lowest BCUT2D eigenvalue weighted by molar-refractivity contribution is -0.384. The van der Waals surface area contributed by atoms with E-state index < -0.39 is 34.4 Å². The second-order valence-electron chi connectivity index (χ2n) is 7.52. The van der Waals surface area contributed by atoms with Crippen LogP contribution in [0.1, 0.15) is 42.9 Å². The summed E-state index contributed by atoms with van der Waals surface area (Å²) in [5.41, 5.74) is 0.257. The number of amides is 1. The zero-order valence-electron chi connectivity index (χ0n) is 17.4. The number of hydrogen-bond acceptors (Lipinski definition) is 6. The zero-order chi connectivity index (χ0) is 24.1. The van der Waals surface area contributed by atoms with Gasteiger partial charge in [-0.1, -0.05) is 36.2 Å². The maximum atomic E-state index is 12.9. The molecule has 1 heterocycles. The van der Waals surface area contributed by atoms with E-state index >= 15 is 0 Å². The average Bonchev–Trinajstić information content (AvgIpc) is 3.03. The average molecular weight is 473 g/mol. The molecular weight excluding hydrogens is 452 g/mol. The summed E-state index contributed by atoms with van der Waals surface area (Å²) in [7, 11) is 0. The van der Waals surface area contributed by atoms with Gasteiger partial charge in [-0.05, 0) is 36.6 Å². The van der Waals surface area contributed by atoms with Crippen molar-refractivity contribution in [3.05, 3.63) is 80.4 Å². The molecular formula is C23H21ClN2O7. The number of rotatable bonds is 9. The van der Waals surface area contributed by atoms with Crippen molar-refractivity contribution in [3.63, 3.8) is 0 Å². The van der Waals surface area contributed by atoms with Crippen LogP contribution in [0.4, 0.5) is 5.69 Å². The molecule has 1 atom stereocenters. The summed E-state index contributed by atoms with van der Waals surface area (Å²) >= 11 is 6.36. The molecule has 172 valence electrons. The highest BCUT2D eigenvalue weighted by Crippen LogP contribution is 2.42. The molecule has 1 saturated heterocycles. The van der Waals surface area contributed by atoms with Crippen LogP contribution in [-0.4, -0.2) is 44.2 Å². The number of carbonyl (C=O) groups is 3. The van der Waals surface area contributed by atoms with Gasteiger partial charge in [0.2, 0.25) is 0 Å². The van der Waals surface area contributed by atoms with Gasteiger partial charge in [0.25, 0.3) is 17.4 Å². The molecule has 10 heteroatoms. The number of nitro benzene ring substituents is 1. The number of carboxylic acid groups (broad SMARTS) is 1. The van der Waals surface area contributed by atoms with E-state index in [0.717, 1.165) is 0 Å². The number of halogens is 1. The Bertz CT molecular complexity index is 1130. The minimum absolute atomic E-state index is 0.00685. The lowest BCUT2D eigenvalue weighted by atomic mass is 9.95. The Labute approximate surface area is 194 Å². The van der Waals surface area contributed by atoms with E-state index in [4.69, 9.17) is 16.7 Å². The molecule has 0 aliphatic carbocycles. The third-order valence-corrected chi connectivity index (χ3v) is 5.73. The lowest BCUT2D eigenvalue weighted by Crippen LogP contribution is -2.30. The Kier molecular flexibility index (Phi) is 7.44.